The molecule has 0 unspecified atom stereocenters. The van der Waals surface area contributed by atoms with E-state index in [1.165, 1.54) is 18.2 Å². The van der Waals surface area contributed by atoms with Gasteiger partial charge in [0.15, 0.2) is 0 Å². The molecule has 7 nitrogen and oxygen atoms in total. The van der Waals surface area contributed by atoms with Gasteiger partial charge in [0.25, 0.3) is 15.9 Å². The summed E-state index contributed by atoms with van der Waals surface area (Å²) in [5.41, 5.74) is 5.79. The van der Waals surface area contributed by atoms with E-state index in [2.05, 4.69) is 0 Å². The third-order valence-electron chi connectivity index (χ3n) is 2.67. The molecule has 0 aliphatic carbocycles. The Bertz CT molecular complexity index is 681. The molecule has 1 aliphatic heterocycles. The molecule has 1 aliphatic rings. The van der Waals surface area contributed by atoms with Crippen molar-refractivity contribution in [1.82, 2.24) is 4.31 Å². The highest BCUT2D eigenvalue weighted by Crippen LogP contribution is 2.31. The first-order valence-corrected chi connectivity index (χ1v) is 7.33. The Morgan fingerprint density at radius 3 is 2.65 bits per heavy atom. The summed E-state index contributed by atoms with van der Waals surface area (Å²) in [5.74, 6) is -1.55. The first-order chi connectivity index (χ1) is 9.23. The number of hydrogen-bond donors (Lipinski definition) is 1. The average Bonchev–Trinajstić information content (AvgIpc) is 2.49. The van der Waals surface area contributed by atoms with Crippen LogP contribution in [0, 0.1) is 0 Å². The first-order valence-electron chi connectivity index (χ1n) is 5.89. The number of fused-ring (bicyclic) bond motifs is 1. The second kappa shape index (κ2) is 4.78. The lowest BCUT2D eigenvalue weighted by Crippen LogP contribution is -2.36. The fraction of sp³-hybridized carbons (Fsp3) is 0.333. The summed E-state index contributed by atoms with van der Waals surface area (Å²) < 4.78 is 29.7. The van der Waals surface area contributed by atoms with Gasteiger partial charge < -0.3 is 10.5 Å². The monoisotopic (exact) mass is 298 g/mol. The molecule has 2 rings (SSSR count). The lowest BCUT2D eigenvalue weighted by atomic mass is 10.2. The topological polar surface area (TPSA) is 107 Å². The molecule has 0 saturated carbocycles. The summed E-state index contributed by atoms with van der Waals surface area (Å²) >= 11 is 0. The van der Waals surface area contributed by atoms with Crippen molar-refractivity contribution in [3.63, 3.8) is 0 Å². The molecule has 1 heterocycles. The average molecular weight is 298 g/mol. The number of carbonyl (C=O) groups excluding carboxylic acids is 2. The third kappa shape index (κ3) is 2.34. The normalized spacial score (nSPS) is 16.4. The van der Waals surface area contributed by atoms with Crippen molar-refractivity contribution in [3.8, 4) is 0 Å². The number of rotatable bonds is 3. The molecule has 1 amide bonds. The van der Waals surface area contributed by atoms with E-state index >= 15 is 0 Å². The van der Waals surface area contributed by atoms with Crippen molar-refractivity contribution in [1.29, 1.82) is 0 Å². The summed E-state index contributed by atoms with van der Waals surface area (Å²) in [5, 5.41) is 0. The van der Waals surface area contributed by atoms with E-state index in [1.54, 1.807) is 13.8 Å². The summed E-state index contributed by atoms with van der Waals surface area (Å²) in [6, 6.07) is 3.92. The Morgan fingerprint density at radius 1 is 1.40 bits per heavy atom. The molecule has 0 atom stereocenters. The number of nitrogens with zero attached hydrogens (tertiary/aromatic N) is 1. The van der Waals surface area contributed by atoms with Crippen molar-refractivity contribution in [3.05, 3.63) is 23.8 Å². The lowest BCUT2D eigenvalue weighted by Gasteiger charge is -2.15. The predicted octanol–water partition coefficient (Wildman–Crippen LogP) is 0.365. The van der Waals surface area contributed by atoms with Gasteiger partial charge in [0.1, 0.15) is 11.4 Å². The van der Waals surface area contributed by atoms with Crippen LogP contribution in [-0.4, -0.2) is 37.2 Å². The molecule has 1 aromatic rings. The Hall–Kier alpha value is -2.09. The van der Waals surface area contributed by atoms with E-state index in [0.717, 1.165) is 0 Å². The highest BCUT2D eigenvalue weighted by molar-refractivity contribution is 7.90. The van der Waals surface area contributed by atoms with E-state index in [1.807, 2.05) is 0 Å². The van der Waals surface area contributed by atoms with Crippen LogP contribution < -0.4 is 5.73 Å². The molecule has 108 valence electrons. The van der Waals surface area contributed by atoms with Crippen LogP contribution in [0.2, 0.25) is 0 Å². The van der Waals surface area contributed by atoms with Gasteiger partial charge in [0.05, 0.1) is 11.7 Å². The van der Waals surface area contributed by atoms with Gasteiger partial charge in [0.2, 0.25) is 0 Å². The number of sulfonamides is 1. The van der Waals surface area contributed by atoms with Crippen LogP contribution >= 0.6 is 0 Å². The summed E-state index contributed by atoms with van der Waals surface area (Å²) in [7, 11) is -4.02. The second-order valence-electron chi connectivity index (χ2n) is 4.61. The largest absolute Gasteiger partial charge is 0.462 e. The van der Waals surface area contributed by atoms with Crippen LogP contribution in [0.5, 0.6) is 0 Å². The van der Waals surface area contributed by atoms with Crippen LogP contribution in [0.25, 0.3) is 0 Å². The molecule has 8 heteroatoms. The minimum Gasteiger partial charge on any atom is -0.462 e. The fourth-order valence-corrected chi connectivity index (χ4v) is 3.37. The molecule has 0 spiro atoms. The van der Waals surface area contributed by atoms with Gasteiger partial charge in [0, 0.05) is 5.69 Å². The van der Waals surface area contributed by atoms with Crippen LogP contribution in [0.4, 0.5) is 5.69 Å². The molecule has 0 radical (unpaired) electrons. The summed E-state index contributed by atoms with van der Waals surface area (Å²) in [6.07, 6.45) is -0.388. The molecule has 0 saturated heterocycles. The number of ether oxygens (including phenoxy) is 1. The summed E-state index contributed by atoms with van der Waals surface area (Å²) in [4.78, 5) is 23.5. The van der Waals surface area contributed by atoms with E-state index in [0.29, 0.717) is 4.31 Å². The number of hydrogen-bond acceptors (Lipinski definition) is 6. The number of nitrogens with two attached hydrogens (primary N) is 1. The molecule has 20 heavy (non-hydrogen) atoms. The third-order valence-corrected chi connectivity index (χ3v) is 4.46. The van der Waals surface area contributed by atoms with Crippen molar-refractivity contribution in [2.45, 2.75) is 24.8 Å². The molecular weight excluding hydrogens is 284 g/mol. The number of esters is 1. The molecule has 0 aromatic heterocycles. The van der Waals surface area contributed by atoms with Gasteiger partial charge in [-0.15, -0.1) is 0 Å². The van der Waals surface area contributed by atoms with E-state index in [9.17, 15) is 18.0 Å². The van der Waals surface area contributed by atoms with Crippen molar-refractivity contribution in [2.75, 3.05) is 12.3 Å². The summed E-state index contributed by atoms with van der Waals surface area (Å²) in [6.45, 7) is 2.62. The van der Waals surface area contributed by atoms with E-state index in [4.69, 9.17) is 10.5 Å². The number of nitrogen functional groups attached to an aromatic ring is 1. The Labute approximate surface area is 116 Å². The molecule has 0 fully saturated rings. The Balaban J connectivity index is 2.35. The smallest absolute Gasteiger partial charge is 0.327 e. The lowest BCUT2D eigenvalue weighted by molar-refractivity contribution is -0.147. The van der Waals surface area contributed by atoms with Gasteiger partial charge in [-0.3, -0.25) is 9.59 Å². The van der Waals surface area contributed by atoms with Gasteiger partial charge in [-0.25, -0.2) is 12.7 Å². The zero-order valence-corrected chi connectivity index (χ0v) is 11.8. The number of anilines is 1. The number of carbonyl (C=O) groups is 2. The highest BCUT2D eigenvalue weighted by atomic mass is 32.2. The van der Waals surface area contributed by atoms with Gasteiger partial charge in [-0.2, -0.15) is 0 Å². The van der Waals surface area contributed by atoms with Crippen molar-refractivity contribution < 1.29 is 22.7 Å². The Kier molecular flexibility index (Phi) is 3.43. The van der Waals surface area contributed by atoms with Crippen LogP contribution in [0.15, 0.2) is 23.1 Å². The van der Waals surface area contributed by atoms with Crippen molar-refractivity contribution >= 4 is 27.6 Å². The maximum Gasteiger partial charge on any atom is 0.327 e. The number of amides is 1. The van der Waals surface area contributed by atoms with E-state index in [-0.39, 0.29) is 22.3 Å². The first kappa shape index (κ1) is 14.3. The second-order valence-corrected chi connectivity index (χ2v) is 6.44. The van der Waals surface area contributed by atoms with Crippen LogP contribution in [0.1, 0.15) is 24.2 Å². The van der Waals surface area contributed by atoms with Crippen LogP contribution in [-0.2, 0) is 19.6 Å². The molecular formula is C12H14N2O5S. The minimum absolute atomic E-state index is 0.0256. The fourth-order valence-electron chi connectivity index (χ4n) is 1.88. The van der Waals surface area contributed by atoms with Crippen LogP contribution in [0.3, 0.4) is 0 Å². The highest BCUT2D eigenvalue weighted by Gasteiger charge is 2.42. The minimum atomic E-state index is -4.02. The zero-order valence-electron chi connectivity index (χ0n) is 11.0. The van der Waals surface area contributed by atoms with Gasteiger partial charge >= 0.3 is 5.97 Å². The van der Waals surface area contributed by atoms with Gasteiger partial charge in [-0.05, 0) is 32.0 Å². The predicted molar refractivity (Wildman–Crippen MR) is 70.3 cm³/mol. The zero-order chi connectivity index (χ0) is 15.1. The number of benzene rings is 1. The van der Waals surface area contributed by atoms with E-state index < -0.39 is 28.4 Å². The quantitative estimate of drug-likeness (QED) is 0.638. The SMILES string of the molecule is CC(C)OC(=O)CN1C(=O)c2cc(N)ccc2S1(=O)=O. The Morgan fingerprint density at radius 2 is 2.05 bits per heavy atom. The molecule has 2 N–H and O–H groups in total. The maximum absolute atomic E-state index is 12.2. The standard InChI is InChI=1S/C12H14N2O5S/c1-7(2)19-11(15)6-14-12(16)9-5-8(13)3-4-10(9)20(14,17)18/h3-5,7H,6,13H2,1-2H3. The maximum atomic E-state index is 12.2. The molecule has 0 bridgehead atoms. The van der Waals surface area contributed by atoms with Gasteiger partial charge in [-0.1, -0.05) is 0 Å². The molecule has 1 aromatic carbocycles. The van der Waals surface area contributed by atoms with Crippen molar-refractivity contribution in [2.24, 2.45) is 0 Å².